The molecule has 4 fully saturated rings. The van der Waals surface area contributed by atoms with Gasteiger partial charge in [0.05, 0.1) is 24.3 Å². The molecule has 0 heterocycles. The second-order valence-electron chi connectivity index (χ2n) is 15.7. The molecule has 8 heteroatoms. The van der Waals surface area contributed by atoms with Crippen molar-refractivity contribution in [3.05, 3.63) is 29.8 Å². The Labute approximate surface area is 259 Å². The van der Waals surface area contributed by atoms with E-state index >= 15 is 0 Å². The Morgan fingerprint density at radius 1 is 1.05 bits per heavy atom. The SMILES string of the molecule is CC[C@H]1[C@@H](O)[C@@H]2[C@H](CC[C@]3(C)[C@@H]([C@H](C)COC(=O)NS(=O)(=O)c4ccc(C(C)(C)CF)cc4)CC[C@@H]23)[C@@]2(C)CCCC[C@@H]12. The van der Waals surface area contributed by atoms with Crippen molar-refractivity contribution in [3.8, 4) is 0 Å². The average Bonchev–Trinajstić information content (AvgIpc) is 3.33. The van der Waals surface area contributed by atoms with Crippen molar-refractivity contribution in [3.63, 3.8) is 0 Å². The van der Waals surface area contributed by atoms with Gasteiger partial charge >= 0.3 is 6.09 Å². The van der Waals surface area contributed by atoms with Crippen LogP contribution in [0.2, 0.25) is 0 Å². The van der Waals surface area contributed by atoms with Gasteiger partial charge in [-0.2, -0.15) is 0 Å². The fraction of sp³-hybridized carbons (Fsp3) is 0.800. The van der Waals surface area contributed by atoms with Crippen LogP contribution in [0.1, 0.15) is 105 Å². The van der Waals surface area contributed by atoms with Crippen molar-refractivity contribution in [2.45, 2.75) is 116 Å². The number of aliphatic hydroxyl groups is 1. The number of hydrogen-bond donors (Lipinski definition) is 2. The van der Waals surface area contributed by atoms with E-state index in [9.17, 15) is 22.7 Å². The van der Waals surface area contributed by atoms with E-state index in [1.165, 1.54) is 37.8 Å². The van der Waals surface area contributed by atoms with Gasteiger partial charge in [-0.25, -0.2) is 17.9 Å². The molecule has 4 aliphatic carbocycles. The zero-order valence-corrected chi connectivity index (χ0v) is 27.9. The zero-order chi connectivity index (χ0) is 31.4. The lowest BCUT2D eigenvalue weighted by atomic mass is 9.41. The number of rotatable bonds is 8. The summed E-state index contributed by atoms with van der Waals surface area (Å²) in [5.74, 6) is 2.80. The standard InChI is InChI=1S/C35H54FNO5S/c1-7-25-27-10-8-9-18-34(27,5)29-17-19-35(6)26(15-16-28(35)30(29)31(25)38)22(2)20-42-32(39)37-43(40,41)24-13-11-23(12-14-24)33(3,4)21-36/h11-14,22,25-31,38H,7-10,15-21H2,1-6H3,(H,37,39)/t22-,25-,26-,27+,28+,29+,30+,31-,34+,35-/m1/s1. The minimum atomic E-state index is -4.12. The highest BCUT2D eigenvalue weighted by Gasteiger charge is 2.64. The highest BCUT2D eigenvalue weighted by atomic mass is 32.2. The van der Waals surface area contributed by atoms with Crippen LogP contribution in [0.5, 0.6) is 0 Å². The Morgan fingerprint density at radius 3 is 2.37 bits per heavy atom. The maximum Gasteiger partial charge on any atom is 0.421 e. The molecule has 1 aromatic rings. The first-order chi connectivity index (χ1) is 20.2. The third kappa shape index (κ3) is 5.66. The van der Waals surface area contributed by atoms with Crippen molar-refractivity contribution in [1.29, 1.82) is 0 Å². The Hall–Kier alpha value is -1.67. The fourth-order valence-corrected chi connectivity index (χ4v) is 11.6. The van der Waals surface area contributed by atoms with Crippen LogP contribution in [0.3, 0.4) is 0 Å². The van der Waals surface area contributed by atoms with Gasteiger partial charge in [0.1, 0.15) is 0 Å². The molecule has 4 saturated carbocycles. The van der Waals surface area contributed by atoms with Crippen LogP contribution in [0.4, 0.5) is 9.18 Å². The molecule has 2 N–H and O–H groups in total. The molecule has 1 amide bonds. The van der Waals surface area contributed by atoms with E-state index in [-0.39, 0.29) is 28.9 Å². The predicted octanol–water partition coefficient (Wildman–Crippen LogP) is 7.64. The fourth-order valence-electron chi connectivity index (χ4n) is 10.7. The summed E-state index contributed by atoms with van der Waals surface area (Å²) in [5.41, 5.74) is 0.354. The van der Waals surface area contributed by atoms with Gasteiger partial charge in [0.15, 0.2) is 0 Å². The molecule has 0 spiro atoms. The number of aliphatic hydroxyl groups excluding tert-OH is 1. The van der Waals surface area contributed by atoms with Crippen molar-refractivity contribution in [1.82, 2.24) is 4.72 Å². The summed E-state index contributed by atoms with van der Waals surface area (Å²) in [6.45, 7) is 12.4. The molecule has 242 valence electrons. The molecule has 0 aliphatic heterocycles. The lowest BCUT2D eigenvalue weighted by Crippen LogP contribution is -2.61. The van der Waals surface area contributed by atoms with Crippen molar-refractivity contribution >= 4 is 16.1 Å². The van der Waals surface area contributed by atoms with Gasteiger partial charge in [-0.15, -0.1) is 0 Å². The number of sulfonamides is 1. The highest BCUT2D eigenvalue weighted by Crippen LogP contribution is 2.69. The van der Waals surface area contributed by atoms with Gasteiger partial charge in [-0.1, -0.05) is 72.9 Å². The van der Waals surface area contributed by atoms with Crippen LogP contribution >= 0.6 is 0 Å². The van der Waals surface area contributed by atoms with E-state index in [0.717, 1.165) is 32.1 Å². The molecule has 0 unspecified atom stereocenters. The van der Waals surface area contributed by atoms with E-state index in [0.29, 0.717) is 46.5 Å². The maximum atomic E-state index is 13.3. The van der Waals surface area contributed by atoms with Crippen LogP contribution in [0, 0.1) is 52.3 Å². The number of amides is 1. The number of nitrogens with one attached hydrogen (secondary N) is 1. The van der Waals surface area contributed by atoms with Gasteiger partial charge in [0.25, 0.3) is 10.0 Å². The van der Waals surface area contributed by atoms with Gasteiger partial charge in [-0.3, -0.25) is 4.39 Å². The molecule has 4 aliphatic rings. The largest absolute Gasteiger partial charge is 0.449 e. The Morgan fingerprint density at radius 2 is 1.72 bits per heavy atom. The first-order valence-electron chi connectivity index (χ1n) is 16.7. The van der Waals surface area contributed by atoms with E-state index in [1.807, 2.05) is 4.72 Å². The van der Waals surface area contributed by atoms with Crippen molar-refractivity contribution in [2.24, 2.45) is 52.3 Å². The molecule has 43 heavy (non-hydrogen) atoms. The quantitative estimate of drug-likeness (QED) is 0.312. The molecule has 1 aromatic carbocycles. The Balaban J connectivity index is 1.23. The van der Waals surface area contributed by atoms with E-state index < -0.39 is 28.2 Å². The summed E-state index contributed by atoms with van der Waals surface area (Å²) >= 11 is 0. The predicted molar refractivity (Wildman–Crippen MR) is 167 cm³/mol. The van der Waals surface area contributed by atoms with Gasteiger partial charge < -0.3 is 9.84 Å². The number of benzene rings is 1. The summed E-state index contributed by atoms with van der Waals surface area (Å²) in [5, 5.41) is 11.9. The molecule has 5 rings (SSSR count). The van der Waals surface area contributed by atoms with Crippen LogP contribution in [-0.4, -0.2) is 39.0 Å². The first-order valence-corrected chi connectivity index (χ1v) is 18.2. The molecule has 6 nitrogen and oxygen atoms in total. The molecule has 0 bridgehead atoms. The van der Waals surface area contributed by atoms with Crippen LogP contribution < -0.4 is 4.72 Å². The number of hydrogen-bond acceptors (Lipinski definition) is 5. The molecule has 0 aromatic heterocycles. The third-order valence-electron chi connectivity index (χ3n) is 13.1. The second kappa shape index (κ2) is 11.9. The monoisotopic (exact) mass is 619 g/mol. The summed E-state index contributed by atoms with van der Waals surface area (Å²) in [6, 6.07) is 5.93. The van der Waals surface area contributed by atoms with Gasteiger partial charge in [0, 0.05) is 5.41 Å². The third-order valence-corrected chi connectivity index (χ3v) is 14.4. The summed E-state index contributed by atoms with van der Waals surface area (Å²) in [6.07, 6.45) is 9.39. The maximum absolute atomic E-state index is 13.3. The lowest BCUT2D eigenvalue weighted by molar-refractivity contribution is -0.194. The van der Waals surface area contributed by atoms with Crippen molar-refractivity contribution < 1.29 is 27.4 Å². The molecule has 10 atom stereocenters. The topological polar surface area (TPSA) is 92.7 Å². The van der Waals surface area contributed by atoms with Crippen LogP contribution in [-0.2, 0) is 20.2 Å². The van der Waals surface area contributed by atoms with E-state index in [2.05, 4.69) is 27.7 Å². The number of carbonyl (C=O) groups is 1. The lowest BCUT2D eigenvalue weighted by Gasteiger charge is -2.64. The number of fused-ring (bicyclic) bond motifs is 5. The highest BCUT2D eigenvalue weighted by molar-refractivity contribution is 7.90. The number of ether oxygens (including phenoxy) is 1. The summed E-state index contributed by atoms with van der Waals surface area (Å²) in [4.78, 5) is 12.6. The van der Waals surface area contributed by atoms with E-state index in [4.69, 9.17) is 4.74 Å². The first kappa shape index (κ1) is 32.7. The minimum Gasteiger partial charge on any atom is -0.449 e. The van der Waals surface area contributed by atoms with E-state index in [1.54, 1.807) is 26.0 Å². The molecule has 0 radical (unpaired) electrons. The summed E-state index contributed by atoms with van der Waals surface area (Å²) < 4.78 is 46.6. The normalized spacial score (nSPS) is 38.4. The van der Waals surface area contributed by atoms with Crippen LogP contribution in [0.25, 0.3) is 0 Å². The number of carbonyl (C=O) groups excluding carboxylic acids is 1. The Kier molecular flexibility index (Phi) is 9.07. The number of halogens is 1. The smallest absolute Gasteiger partial charge is 0.421 e. The molecule has 0 saturated heterocycles. The average molecular weight is 620 g/mol. The van der Waals surface area contributed by atoms with Gasteiger partial charge in [0.2, 0.25) is 0 Å². The van der Waals surface area contributed by atoms with Crippen molar-refractivity contribution in [2.75, 3.05) is 13.3 Å². The van der Waals surface area contributed by atoms with Crippen LogP contribution in [0.15, 0.2) is 29.2 Å². The summed E-state index contributed by atoms with van der Waals surface area (Å²) in [7, 11) is -4.12. The molecular weight excluding hydrogens is 565 g/mol. The minimum absolute atomic E-state index is 0.0656. The second-order valence-corrected chi connectivity index (χ2v) is 17.3. The molecular formula is C35H54FNO5S. The zero-order valence-electron chi connectivity index (χ0n) is 27.1. The number of alkyl halides is 1. The van der Waals surface area contributed by atoms with Gasteiger partial charge in [-0.05, 0) is 108 Å². The Bertz CT molecular complexity index is 1270.